The zero-order valence-electron chi connectivity index (χ0n) is 8.61. The summed E-state index contributed by atoms with van der Waals surface area (Å²) in [5.74, 6) is 2.33. The fourth-order valence-electron chi connectivity index (χ4n) is 4.28. The third kappa shape index (κ3) is 1.86. The first-order valence-corrected chi connectivity index (χ1v) is 6.76. The molecule has 0 aromatic carbocycles. The van der Waals surface area contributed by atoms with Crippen LogP contribution in [0.15, 0.2) is 0 Å². The maximum Gasteiger partial charge on any atom is 0.0916 e. The SMILES string of the molecule is O=S([O-])NOC12CC3CC(CC(C3)C1)C2. The van der Waals surface area contributed by atoms with Crippen molar-refractivity contribution >= 4 is 11.3 Å². The molecule has 0 heterocycles. The second-order valence-corrected chi connectivity index (χ2v) is 6.16. The number of hydrogen-bond acceptors (Lipinski definition) is 3. The molecule has 4 aliphatic rings. The van der Waals surface area contributed by atoms with Gasteiger partial charge in [-0.25, -0.2) is 0 Å². The summed E-state index contributed by atoms with van der Waals surface area (Å²) in [6.45, 7) is 0. The molecule has 4 fully saturated rings. The molecule has 1 unspecified atom stereocenters. The zero-order valence-corrected chi connectivity index (χ0v) is 9.42. The normalized spacial score (nSPS) is 49.5. The standard InChI is InChI=1S/C10H17NO3S/c12-15(13)11-14-10-4-7-1-8(5-10)3-9(2-7)6-10/h7-9,11H,1-6H2,(H,12,13)/p-1. The zero-order chi connectivity index (χ0) is 10.5. The fraction of sp³-hybridized carbons (Fsp3) is 1.00. The van der Waals surface area contributed by atoms with Crippen LogP contribution >= 0.6 is 0 Å². The summed E-state index contributed by atoms with van der Waals surface area (Å²) in [7, 11) is 0. The van der Waals surface area contributed by atoms with E-state index in [0.717, 1.165) is 37.0 Å². The summed E-state index contributed by atoms with van der Waals surface area (Å²) in [6.07, 6.45) is 7.14. The Balaban J connectivity index is 1.72. The molecule has 1 N–H and O–H groups in total. The van der Waals surface area contributed by atoms with E-state index in [1.54, 1.807) is 0 Å². The first-order chi connectivity index (χ1) is 7.15. The molecule has 0 amide bonds. The molecule has 0 aliphatic heterocycles. The minimum Gasteiger partial charge on any atom is -0.758 e. The van der Waals surface area contributed by atoms with Gasteiger partial charge in [-0.3, -0.25) is 9.05 Å². The van der Waals surface area contributed by atoms with E-state index in [9.17, 15) is 8.76 Å². The molecule has 1 atom stereocenters. The van der Waals surface area contributed by atoms with Crippen LogP contribution in [0.1, 0.15) is 38.5 Å². The maximum atomic E-state index is 10.5. The summed E-state index contributed by atoms with van der Waals surface area (Å²) in [6, 6.07) is 0. The van der Waals surface area contributed by atoms with Crippen LogP contribution in [0.5, 0.6) is 0 Å². The van der Waals surface area contributed by atoms with Crippen molar-refractivity contribution in [3.8, 4) is 0 Å². The third-order valence-electron chi connectivity index (χ3n) is 4.31. The molecule has 4 saturated carbocycles. The Morgan fingerprint density at radius 3 is 2.00 bits per heavy atom. The van der Waals surface area contributed by atoms with Gasteiger partial charge in [0.05, 0.1) is 5.60 Å². The Labute approximate surface area is 92.1 Å². The highest BCUT2D eigenvalue weighted by molar-refractivity contribution is 7.76. The van der Waals surface area contributed by atoms with E-state index < -0.39 is 11.3 Å². The lowest BCUT2D eigenvalue weighted by molar-refractivity contribution is -0.179. The summed E-state index contributed by atoms with van der Waals surface area (Å²) >= 11 is -2.30. The highest BCUT2D eigenvalue weighted by atomic mass is 32.2. The van der Waals surface area contributed by atoms with Gasteiger partial charge in [-0.2, -0.15) is 0 Å². The number of nitrogens with one attached hydrogen (secondary N) is 1. The van der Waals surface area contributed by atoms with Crippen LogP contribution in [0.25, 0.3) is 0 Å². The molecular formula is C10H16NO3S-. The first-order valence-electron chi connectivity index (χ1n) is 5.68. The molecule has 86 valence electrons. The predicted octanol–water partition coefficient (Wildman–Crippen LogP) is 1.27. The second kappa shape index (κ2) is 3.52. The van der Waals surface area contributed by atoms with E-state index in [-0.39, 0.29) is 5.60 Å². The Bertz CT molecular complexity index is 259. The van der Waals surface area contributed by atoms with Gasteiger partial charge in [-0.05, 0) is 56.3 Å². The van der Waals surface area contributed by atoms with Gasteiger partial charge in [0.2, 0.25) is 0 Å². The van der Waals surface area contributed by atoms with Gasteiger partial charge >= 0.3 is 0 Å². The molecule has 4 rings (SSSR count). The first kappa shape index (κ1) is 10.2. The van der Waals surface area contributed by atoms with Gasteiger partial charge in [0, 0.05) is 11.3 Å². The minimum atomic E-state index is -2.30. The van der Waals surface area contributed by atoms with Crippen molar-refractivity contribution in [1.29, 1.82) is 0 Å². The monoisotopic (exact) mass is 230 g/mol. The van der Waals surface area contributed by atoms with Crippen molar-refractivity contribution in [1.82, 2.24) is 4.89 Å². The Kier molecular flexibility index (Phi) is 2.39. The van der Waals surface area contributed by atoms with Crippen LogP contribution in [0.4, 0.5) is 0 Å². The van der Waals surface area contributed by atoms with Gasteiger partial charge in [0.1, 0.15) is 0 Å². The molecule has 0 spiro atoms. The Morgan fingerprint density at radius 2 is 1.60 bits per heavy atom. The number of hydrogen-bond donors (Lipinski definition) is 1. The highest BCUT2D eigenvalue weighted by Crippen LogP contribution is 2.56. The smallest absolute Gasteiger partial charge is 0.0916 e. The largest absolute Gasteiger partial charge is 0.758 e. The molecule has 0 radical (unpaired) electrons. The van der Waals surface area contributed by atoms with Gasteiger partial charge in [-0.15, -0.1) is 4.89 Å². The van der Waals surface area contributed by atoms with E-state index in [1.165, 1.54) is 19.3 Å². The maximum absolute atomic E-state index is 10.5. The lowest BCUT2D eigenvalue weighted by Crippen LogP contribution is -2.54. The van der Waals surface area contributed by atoms with E-state index >= 15 is 0 Å². The molecular weight excluding hydrogens is 214 g/mol. The average Bonchev–Trinajstić information content (AvgIpc) is 2.12. The summed E-state index contributed by atoms with van der Waals surface area (Å²) in [4.78, 5) is 7.56. The molecule has 0 aromatic rings. The fourth-order valence-corrected chi connectivity index (χ4v) is 4.52. The molecule has 0 saturated heterocycles. The van der Waals surface area contributed by atoms with Crippen LogP contribution in [-0.2, 0) is 16.1 Å². The van der Waals surface area contributed by atoms with E-state index in [0.29, 0.717) is 0 Å². The Morgan fingerprint density at radius 1 is 1.13 bits per heavy atom. The van der Waals surface area contributed by atoms with Crippen LogP contribution < -0.4 is 4.89 Å². The molecule has 4 aliphatic carbocycles. The third-order valence-corrected chi connectivity index (χ3v) is 4.53. The van der Waals surface area contributed by atoms with Crippen molar-refractivity contribution in [2.24, 2.45) is 17.8 Å². The van der Waals surface area contributed by atoms with Crippen molar-refractivity contribution in [2.45, 2.75) is 44.1 Å². The van der Waals surface area contributed by atoms with Crippen LogP contribution in [0.3, 0.4) is 0 Å². The molecule has 4 nitrogen and oxygen atoms in total. The lowest BCUT2D eigenvalue weighted by Gasteiger charge is -2.55. The van der Waals surface area contributed by atoms with Crippen LogP contribution in [0, 0.1) is 17.8 Å². The Hall–Kier alpha value is 0.0300. The highest BCUT2D eigenvalue weighted by Gasteiger charge is 2.52. The van der Waals surface area contributed by atoms with Crippen molar-refractivity contribution in [3.63, 3.8) is 0 Å². The van der Waals surface area contributed by atoms with E-state index in [1.807, 2.05) is 0 Å². The predicted molar refractivity (Wildman–Crippen MR) is 54.0 cm³/mol. The quantitative estimate of drug-likeness (QED) is 0.586. The van der Waals surface area contributed by atoms with Crippen molar-refractivity contribution in [2.75, 3.05) is 0 Å². The second-order valence-electron chi connectivity index (χ2n) is 5.52. The van der Waals surface area contributed by atoms with Gasteiger partial charge in [0.15, 0.2) is 0 Å². The summed E-state index contributed by atoms with van der Waals surface area (Å²) < 4.78 is 20.9. The van der Waals surface area contributed by atoms with Crippen LogP contribution in [-0.4, -0.2) is 14.4 Å². The van der Waals surface area contributed by atoms with E-state index in [2.05, 4.69) is 4.89 Å². The molecule has 15 heavy (non-hydrogen) atoms. The minimum absolute atomic E-state index is 0.172. The summed E-state index contributed by atoms with van der Waals surface area (Å²) in [5, 5.41) is 0. The number of rotatable bonds is 3. The molecule has 4 bridgehead atoms. The average molecular weight is 230 g/mol. The van der Waals surface area contributed by atoms with E-state index in [4.69, 9.17) is 4.84 Å². The van der Waals surface area contributed by atoms with Crippen LogP contribution in [0.2, 0.25) is 0 Å². The topological polar surface area (TPSA) is 61.4 Å². The van der Waals surface area contributed by atoms with Crippen molar-refractivity contribution < 1.29 is 13.6 Å². The van der Waals surface area contributed by atoms with Crippen molar-refractivity contribution in [3.05, 3.63) is 0 Å². The molecule has 0 aromatic heterocycles. The van der Waals surface area contributed by atoms with Gasteiger partial charge in [0.25, 0.3) is 0 Å². The van der Waals surface area contributed by atoms with Gasteiger partial charge < -0.3 is 4.55 Å². The summed E-state index contributed by atoms with van der Waals surface area (Å²) in [5.41, 5.74) is -0.172. The molecule has 5 heteroatoms. The van der Waals surface area contributed by atoms with Gasteiger partial charge in [-0.1, -0.05) is 0 Å². The lowest BCUT2D eigenvalue weighted by atomic mass is 9.54.